The number of carbonyl (C=O) groups excluding carboxylic acids is 1. The summed E-state index contributed by atoms with van der Waals surface area (Å²) in [4.78, 5) is 15.3. The van der Waals surface area contributed by atoms with Crippen molar-refractivity contribution in [2.24, 2.45) is 5.92 Å². The van der Waals surface area contributed by atoms with E-state index in [1.54, 1.807) is 19.3 Å². The Hall–Kier alpha value is -3.57. The van der Waals surface area contributed by atoms with E-state index in [0.29, 0.717) is 35.2 Å². The van der Waals surface area contributed by atoms with E-state index in [9.17, 15) is 4.79 Å². The minimum atomic E-state index is -0.129. The van der Waals surface area contributed by atoms with Crippen LogP contribution in [0.5, 0.6) is 17.2 Å². The van der Waals surface area contributed by atoms with Crippen LogP contribution in [0.1, 0.15) is 34.3 Å². The first-order valence-corrected chi connectivity index (χ1v) is 12.3. The molecule has 180 valence electrons. The second-order valence-electron chi connectivity index (χ2n) is 9.16. The lowest BCUT2D eigenvalue weighted by atomic mass is 9.90. The van der Waals surface area contributed by atoms with Gasteiger partial charge in [-0.25, -0.2) is 0 Å². The minimum Gasteiger partial charge on any atom is -0.496 e. The van der Waals surface area contributed by atoms with Crippen LogP contribution in [-0.4, -0.2) is 44.0 Å². The van der Waals surface area contributed by atoms with E-state index in [1.807, 2.05) is 36.4 Å². The summed E-state index contributed by atoms with van der Waals surface area (Å²) in [5.74, 6) is 2.87. The predicted octanol–water partition coefficient (Wildman–Crippen LogP) is 5.64. The number of benzene rings is 3. The number of carbonyl (C=O) groups is 1. The number of allylic oxidation sites excluding steroid dienone is 1. The molecular weight excluding hydrogens is 438 g/mol. The Morgan fingerprint density at radius 2 is 1.77 bits per heavy atom. The molecule has 35 heavy (non-hydrogen) atoms. The van der Waals surface area contributed by atoms with Gasteiger partial charge in [0.25, 0.3) is 0 Å². The van der Waals surface area contributed by atoms with Gasteiger partial charge in [0.1, 0.15) is 23.9 Å². The molecule has 0 N–H and O–H groups in total. The largest absolute Gasteiger partial charge is 0.496 e. The van der Waals surface area contributed by atoms with Gasteiger partial charge in [-0.3, -0.25) is 9.69 Å². The molecule has 2 aliphatic heterocycles. The molecule has 2 heterocycles. The summed E-state index contributed by atoms with van der Waals surface area (Å²) in [6.07, 6.45) is 5.35. The van der Waals surface area contributed by atoms with Crippen molar-refractivity contribution < 1.29 is 19.0 Å². The van der Waals surface area contributed by atoms with E-state index in [0.717, 1.165) is 31.1 Å². The zero-order valence-corrected chi connectivity index (χ0v) is 20.1. The quantitative estimate of drug-likeness (QED) is 0.399. The van der Waals surface area contributed by atoms with Crippen molar-refractivity contribution >= 4 is 11.9 Å². The average molecular weight is 470 g/mol. The second kappa shape index (κ2) is 10.8. The van der Waals surface area contributed by atoms with Gasteiger partial charge >= 0.3 is 0 Å². The molecule has 2 aliphatic rings. The minimum absolute atomic E-state index is 0.129. The number of fused-ring (bicyclic) bond motifs is 1. The van der Waals surface area contributed by atoms with Gasteiger partial charge in [-0.2, -0.15) is 0 Å². The van der Waals surface area contributed by atoms with Crippen molar-refractivity contribution in [2.75, 3.05) is 33.4 Å². The normalized spacial score (nSPS) is 17.3. The lowest BCUT2D eigenvalue weighted by Gasteiger charge is -2.31. The number of piperidine rings is 1. The van der Waals surface area contributed by atoms with Gasteiger partial charge in [-0.05, 0) is 68.1 Å². The zero-order valence-electron chi connectivity index (χ0n) is 20.1. The van der Waals surface area contributed by atoms with Crippen LogP contribution in [0, 0.1) is 5.92 Å². The fraction of sp³-hybridized carbons (Fsp3) is 0.300. The lowest BCUT2D eigenvalue weighted by Crippen LogP contribution is -2.37. The molecule has 0 aliphatic carbocycles. The second-order valence-corrected chi connectivity index (χ2v) is 9.16. The van der Waals surface area contributed by atoms with Gasteiger partial charge in [-0.15, -0.1) is 0 Å². The molecule has 0 saturated carbocycles. The average Bonchev–Trinajstić information content (AvgIpc) is 3.20. The third-order valence-electron chi connectivity index (χ3n) is 6.82. The van der Waals surface area contributed by atoms with Crippen molar-refractivity contribution in [1.29, 1.82) is 0 Å². The molecule has 0 radical (unpaired) electrons. The molecule has 5 heteroatoms. The van der Waals surface area contributed by atoms with Crippen LogP contribution in [0.4, 0.5) is 0 Å². The lowest BCUT2D eigenvalue weighted by molar-refractivity contribution is 0.101. The summed E-state index contributed by atoms with van der Waals surface area (Å²) in [6, 6.07) is 23.8. The summed E-state index contributed by atoms with van der Waals surface area (Å²) in [5.41, 5.74) is 2.79. The molecule has 1 fully saturated rings. The Labute approximate surface area is 206 Å². The summed E-state index contributed by atoms with van der Waals surface area (Å²) in [6.45, 7) is 3.73. The highest BCUT2D eigenvalue weighted by atomic mass is 16.5. The number of methoxy groups -OCH3 is 1. The Balaban J connectivity index is 1.12. The van der Waals surface area contributed by atoms with E-state index in [2.05, 4.69) is 35.2 Å². The number of ether oxygens (including phenoxy) is 3. The highest BCUT2D eigenvalue weighted by Crippen LogP contribution is 2.35. The van der Waals surface area contributed by atoms with Crippen LogP contribution >= 0.6 is 0 Å². The summed E-state index contributed by atoms with van der Waals surface area (Å²) in [5, 5.41) is 0. The molecule has 3 aromatic rings. The van der Waals surface area contributed by atoms with E-state index in [1.165, 1.54) is 24.8 Å². The number of ketones is 1. The fourth-order valence-electron chi connectivity index (χ4n) is 4.84. The van der Waals surface area contributed by atoms with Crippen molar-refractivity contribution in [2.45, 2.75) is 19.3 Å². The first-order valence-electron chi connectivity index (χ1n) is 12.3. The third-order valence-corrected chi connectivity index (χ3v) is 6.82. The molecule has 5 nitrogen and oxygen atoms in total. The van der Waals surface area contributed by atoms with Crippen LogP contribution in [-0.2, 0) is 6.42 Å². The summed E-state index contributed by atoms with van der Waals surface area (Å²) >= 11 is 0. The van der Waals surface area contributed by atoms with Crippen LogP contribution in [0.3, 0.4) is 0 Å². The topological polar surface area (TPSA) is 48.0 Å². The Morgan fingerprint density at radius 1 is 1.00 bits per heavy atom. The molecule has 3 aromatic carbocycles. The van der Waals surface area contributed by atoms with E-state index in [-0.39, 0.29) is 5.78 Å². The number of hydrogen-bond acceptors (Lipinski definition) is 5. The molecule has 0 aromatic heterocycles. The molecule has 5 rings (SSSR count). The number of para-hydroxylation sites is 1. The van der Waals surface area contributed by atoms with Crippen LogP contribution in [0.15, 0.2) is 78.6 Å². The van der Waals surface area contributed by atoms with Crippen molar-refractivity contribution in [3.05, 3.63) is 95.2 Å². The van der Waals surface area contributed by atoms with Crippen molar-refractivity contribution in [3.63, 3.8) is 0 Å². The molecule has 0 spiro atoms. The zero-order chi connectivity index (χ0) is 24.0. The van der Waals surface area contributed by atoms with Crippen molar-refractivity contribution in [3.8, 4) is 17.2 Å². The molecule has 0 bridgehead atoms. The predicted molar refractivity (Wildman–Crippen MR) is 137 cm³/mol. The Kier molecular flexibility index (Phi) is 7.15. The van der Waals surface area contributed by atoms with Crippen LogP contribution < -0.4 is 14.2 Å². The standard InChI is InChI=1S/C30H31NO4/c1-33-27-10-6-5-9-24(27)20-29-30(32)26-12-11-25(21-28(26)35-29)34-18-17-31-15-13-23(14-16-31)19-22-7-3-2-4-8-22/h2-12,20-21,23H,13-19H2,1H3/b29-20-. The highest BCUT2D eigenvalue weighted by Gasteiger charge is 2.28. The SMILES string of the molecule is COc1ccccc1/C=C1\Oc2cc(OCCN3CCC(Cc4ccccc4)CC3)ccc2C1=O. The number of rotatable bonds is 8. The maximum atomic E-state index is 12.8. The van der Waals surface area contributed by atoms with Crippen LogP contribution in [0.25, 0.3) is 6.08 Å². The van der Waals surface area contributed by atoms with E-state index in [4.69, 9.17) is 14.2 Å². The van der Waals surface area contributed by atoms with Crippen molar-refractivity contribution in [1.82, 2.24) is 4.90 Å². The van der Waals surface area contributed by atoms with Crippen LogP contribution in [0.2, 0.25) is 0 Å². The summed E-state index contributed by atoms with van der Waals surface area (Å²) in [7, 11) is 1.61. The van der Waals surface area contributed by atoms with Gasteiger partial charge in [0.2, 0.25) is 5.78 Å². The monoisotopic (exact) mass is 469 g/mol. The molecule has 0 unspecified atom stereocenters. The maximum absolute atomic E-state index is 12.8. The van der Waals surface area contributed by atoms with Gasteiger partial charge in [-0.1, -0.05) is 48.5 Å². The number of likely N-dealkylation sites (tertiary alicyclic amines) is 1. The van der Waals surface area contributed by atoms with Gasteiger partial charge < -0.3 is 14.2 Å². The highest BCUT2D eigenvalue weighted by molar-refractivity contribution is 6.14. The molecule has 1 saturated heterocycles. The third kappa shape index (κ3) is 5.57. The molecule has 0 atom stereocenters. The molecular formula is C30H31NO4. The number of nitrogens with zero attached hydrogens (tertiary/aromatic N) is 1. The van der Waals surface area contributed by atoms with Gasteiger partial charge in [0, 0.05) is 18.2 Å². The fourth-order valence-corrected chi connectivity index (χ4v) is 4.84. The van der Waals surface area contributed by atoms with Gasteiger partial charge in [0.15, 0.2) is 5.76 Å². The first kappa shape index (κ1) is 23.2. The van der Waals surface area contributed by atoms with Gasteiger partial charge in [0.05, 0.1) is 12.7 Å². The summed E-state index contributed by atoms with van der Waals surface area (Å²) < 4.78 is 17.3. The number of Topliss-reactive ketones (excluding diaryl/α,β-unsaturated/α-hetero) is 1. The smallest absolute Gasteiger partial charge is 0.231 e. The first-order chi connectivity index (χ1) is 17.2. The molecule has 0 amide bonds. The van der Waals surface area contributed by atoms with E-state index < -0.39 is 0 Å². The number of hydrogen-bond donors (Lipinski definition) is 0. The van der Waals surface area contributed by atoms with E-state index >= 15 is 0 Å². The maximum Gasteiger partial charge on any atom is 0.231 e. The Morgan fingerprint density at radius 3 is 2.57 bits per heavy atom. The Bertz CT molecular complexity index is 1200.